The van der Waals surface area contributed by atoms with Crippen molar-refractivity contribution in [3.63, 3.8) is 0 Å². The lowest BCUT2D eigenvalue weighted by atomic mass is 10.1. The number of carbonyl (C=O) groups excluding carboxylic acids is 2. The highest BCUT2D eigenvalue weighted by molar-refractivity contribution is 6.76. The van der Waals surface area contributed by atoms with Crippen molar-refractivity contribution >= 4 is 52.4 Å². The van der Waals surface area contributed by atoms with E-state index in [2.05, 4.69) is 5.32 Å². The largest absolute Gasteiger partial charge is 0.443 e. The predicted octanol–water partition coefficient (Wildman–Crippen LogP) is 2.97. The third-order valence-electron chi connectivity index (χ3n) is 2.03. The molecule has 0 saturated heterocycles. The van der Waals surface area contributed by atoms with Gasteiger partial charge in [0.1, 0.15) is 17.4 Å². The molecule has 1 rings (SSSR count). The van der Waals surface area contributed by atoms with Gasteiger partial charge in [-0.25, -0.2) is 0 Å². The fraction of sp³-hybridized carbons (Fsp3) is 0.300. The first-order chi connectivity index (χ1) is 8.18. The van der Waals surface area contributed by atoms with Crippen molar-refractivity contribution in [1.29, 1.82) is 5.26 Å². The van der Waals surface area contributed by atoms with Crippen LogP contribution < -0.4 is 5.32 Å². The Morgan fingerprint density at radius 1 is 1.39 bits per heavy atom. The van der Waals surface area contributed by atoms with E-state index in [0.717, 1.165) is 0 Å². The lowest BCUT2D eigenvalue weighted by molar-refractivity contribution is -0.115. The van der Waals surface area contributed by atoms with Crippen molar-refractivity contribution < 1.29 is 14.0 Å². The van der Waals surface area contributed by atoms with Crippen LogP contribution in [0.4, 0.5) is 5.88 Å². The van der Waals surface area contributed by atoms with Crippen molar-refractivity contribution in [3.05, 3.63) is 16.9 Å². The van der Waals surface area contributed by atoms with E-state index in [4.69, 9.17) is 44.5 Å². The summed E-state index contributed by atoms with van der Waals surface area (Å²) in [6.07, 6.45) is 0. The van der Waals surface area contributed by atoms with Crippen molar-refractivity contribution in [2.75, 3.05) is 5.32 Å². The van der Waals surface area contributed by atoms with Crippen molar-refractivity contribution in [2.24, 2.45) is 0 Å². The summed E-state index contributed by atoms with van der Waals surface area (Å²) in [7, 11) is 0. The number of nitrogens with one attached hydrogen (secondary N) is 1. The first-order valence-electron chi connectivity index (χ1n) is 4.61. The molecule has 5 nitrogen and oxygen atoms in total. The highest BCUT2D eigenvalue weighted by Gasteiger charge is 2.33. The molecule has 0 atom stereocenters. The van der Waals surface area contributed by atoms with Crippen LogP contribution in [0.25, 0.3) is 0 Å². The molecule has 0 unspecified atom stereocenters. The van der Waals surface area contributed by atoms with Gasteiger partial charge in [0, 0.05) is 0 Å². The molecule has 0 aromatic carbocycles. The third kappa shape index (κ3) is 2.96. The summed E-state index contributed by atoms with van der Waals surface area (Å²) in [5.74, 6) is -1.34. The summed E-state index contributed by atoms with van der Waals surface area (Å²) >= 11 is 16.1. The second kappa shape index (κ2) is 5.19. The number of furan rings is 1. The zero-order valence-corrected chi connectivity index (χ0v) is 11.6. The number of aryl methyl sites for hydroxylation is 1. The lowest BCUT2D eigenvalue weighted by Gasteiger charge is -2.09. The topological polar surface area (TPSA) is 83.1 Å². The summed E-state index contributed by atoms with van der Waals surface area (Å²) in [6, 6.07) is 1.76. The molecule has 1 amide bonds. The van der Waals surface area contributed by atoms with Crippen LogP contribution in [0.1, 0.15) is 28.6 Å². The Hall–Kier alpha value is -1.22. The molecule has 0 aliphatic rings. The number of halogens is 3. The summed E-state index contributed by atoms with van der Waals surface area (Å²) < 4.78 is 2.92. The number of Topliss-reactive ketones (excluding diaryl/α,β-unsaturated/α-hetero) is 1. The van der Waals surface area contributed by atoms with Gasteiger partial charge in [-0.15, -0.1) is 0 Å². The number of hydrogen-bond donors (Lipinski definition) is 1. The second-order valence-electron chi connectivity index (χ2n) is 3.36. The zero-order valence-electron chi connectivity index (χ0n) is 9.31. The number of ketones is 1. The van der Waals surface area contributed by atoms with Crippen LogP contribution in [0.3, 0.4) is 0 Å². The number of anilines is 1. The van der Waals surface area contributed by atoms with Crippen LogP contribution in [0.15, 0.2) is 4.42 Å². The van der Waals surface area contributed by atoms with E-state index in [1.165, 1.54) is 13.8 Å². The standard InChI is InChI=1S/C10H7Cl3N2O3/c1-4(16)7-5(2)18-8(6(7)3-14)15-9(17)10(11,12)13/h1-2H3,(H,15,17). The Kier molecular flexibility index (Phi) is 4.28. The SMILES string of the molecule is CC(=O)c1c(C)oc(NC(=O)C(Cl)(Cl)Cl)c1C#N. The van der Waals surface area contributed by atoms with E-state index in [0.29, 0.717) is 0 Å². The van der Waals surface area contributed by atoms with Gasteiger partial charge in [-0.2, -0.15) is 5.26 Å². The Balaban J connectivity index is 3.21. The van der Waals surface area contributed by atoms with Crippen LogP contribution >= 0.6 is 34.8 Å². The molecule has 18 heavy (non-hydrogen) atoms. The molecule has 0 fully saturated rings. The average molecular weight is 310 g/mol. The molecule has 0 aliphatic heterocycles. The molecule has 0 radical (unpaired) electrons. The number of alkyl halides is 3. The fourth-order valence-corrected chi connectivity index (χ4v) is 1.48. The summed E-state index contributed by atoms with van der Waals surface area (Å²) in [5, 5.41) is 11.1. The van der Waals surface area contributed by atoms with Gasteiger partial charge in [0.15, 0.2) is 5.78 Å². The number of rotatable bonds is 2. The normalized spacial score (nSPS) is 10.9. The number of nitrogens with zero attached hydrogens (tertiary/aromatic N) is 1. The number of nitriles is 1. The minimum atomic E-state index is -2.19. The van der Waals surface area contributed by atoms with E-state index >= 15 is 0 Å². The smallest absolute Gasteiger partial charge is 0.278 e. The van der Waals surface area contributed by atoms with E-state index in [-0.39, 0.29) is 28.6 Å². The van der Waals surface area contributed by atoms with Crippen LogP contribution in [0.2, 0.25) is 0 Å². The van der Waals surface area contributed by atoms with Crippen molar-refractivity contribution in [3.8, 4) is 6.07 Å². The van der Waals surface area contributed by atoms with E-state index in [1.807, 2.05) is 0 Å². The van der Waals surface area contributed by atoms with Gasteiger partial charge in [0.25, 0.3) is 9.70 Å². The van der Waals surface area contributed by atoms with Gasteiger partial charge in [-0.05, 0) is 13.8 Å². The summed E-state index contributed by atoms with van der Waals surface area (Å²) in [4.78, 5) is 22.8. The molecular weight excluding hydrogens is 302 g/mol. The Labute approximate surface area is 118 Å². The molecule has 8 heteroatoms. The monoisotopic (exact) mass is 308 g/mol. The minimum Gasteiger partial charge on any atom is -0.443 e. The van der Waals surface area contributed by atoms with Gasteiger partial charge in [-0.1, -0.05) is 34.8 Å². The summed E-state index contributed by atoms with van der Waals surface area (Å²) in [6.45, 7) is 2.77. The van der Waals surface area contributed by atoms with E-state index in [1.54, 1.807) is 6.07 Å². The lowest BCUT2D eigenvalue weighted by Crippen LogP contribution is -2.27. The molecule has 96 valence electrons. The fourth-order valence-electron chi connectivity index (χ4n) is 1.34. The van der Waals surface area contributed by atoms with Crippen molar-refractivity contribution in [2.45, 2.75) is 17.6 Å². The summed E-state index contributed by atoms with van der Waals surface area (Å²) in [5.41, 5.74) is -0.000262. The molecule has 1 aromatic rings. The van der Waals surface area contributed by atoms with Gasteiger partial charge in [-0.3, -0.25) is 14.9 Å². The van der Waals surface area contributed by atoms with Crippen LogP contribution in [-0.2, 0) is 4.79 Å². The minimum absolute atomic E-state index is 0.0946. The first kappa shape index (κ1) is 14.8. The van der Waals surface area contributed by atoms with E-state index in [9.17, 15) is 9.59 Å². The molecule has 0 spiro atoms. The van der Waals surface area contributed by atoms with Crippen LogP contribution in [0.5, 0.6) is 0 Å². The van der Waals surface area contributed by atoms with Crippen LogP contribution in [-0.4, -0.2) is 15.5 Å². The quantitative estimate of drug-likeness (QED) is 0.672. The molecule has 1 heterocycles. The zero-order chi connectivity index (χ0) is 14.1. The molecule has 0 aliphatic carbocycles. The first-order valence-corrected chi connectivity index (χ1v) is 5.74. The van der Waals surface area contributed by atoms with Crippen molar-refractivity contribution in [1.82, 2.24) is 0 Å². The molecule has 0 saturated carbocycles. The maximum Gasteiger partial charge on any atom is 0.278 e. The maximum atomic E-state index is 11.4. The third-order valence-corrected chi connectivity index (χ3v) is 2.55. The van der Waals surface area contributed by atoms with Gasteiger partial charge >= 0.3 is 0 Å². The number of amides is 1. The second-order valence-corrected chi connectivity index (χ2v) is 5.64. The number of carbonyl (C=O) groups is 2. The molecule has 0 bridgehead atoms. The Morgan fingerprint density at radius 2 is 1.94 bits per heavy atom. The Bertz CT molecular complexity index is 552. The molecule has 1 aromatic heterocycles. The predicted molar refractivity (Wildman–Crippen MR) is 67.1 cm³/mol. The van der Waals surface area contributed by atoms with Crippen LogP contribution in [0, 0.1) is 18.3 Å². The highest BCUT2D eigenvalue weighted by Crippen LogP contribution is 2.31. The molecular formula is C10H7Cl3N2O3. The number of hydrogen-bond acceptors (Lipinski definition) is 4. The maximum absolute atomic E-state index is 11.4. The van der Waals surface area contributed by atoms with E-state index < -0.39 is 9.70 Å². The average Bonchev–Trinajstić information content (AvgIpc) is 2.52. The highest BCUT2D eigenvalue weighted by atomic mass is 35.6. The Morgan fingerprint density at radius 3 is 2.33 bits per heavy atom. The van der Waals surface area contributed by atoms with Gasteiger partial charge < -0.3 is 4.42 Å². The molecule has 1 N–H and O–H groups in total. The van der Waals surface area contributed by atoms with Gasteiger partial charge in [0.2, 0.25) is 5.88 Å². The van der Waals surface area contributed by atoms with Gasteiger partial charge in [0.05, 0.1) is 5.56 Å².